The zero-order chi connectivity index (χ0) is 14.3. The van der Waals surface area contributed by atoms with Gasteiger partial charge in [-0.2, -0.15) is 0 Å². The van der Waals surface area contributed by atoms with E-state index < -0.39 is 23.6 Å². The lowest BCUT2D eigenvalue weighted by atomic mass is 10.0. The lowest BCUT2D eigenvalue weighted by molar-refractivity contribution is 0.171. The second kappa shape index (κ2) is 4.92. The molecule has 1 atom stereocenters. The Labute approximate surface area is 115 Å². The molecule has 0 saturated carbocycles. The van der Waals surface area contributed by atoms with E-state index in [4.69, 9.17) is 0 Å². The highest BCUT2D eigenvalue weighted by molar-refractivity contribution is 7.15. The summed E-state index contributed by atoms with van der Waals surface area (Å²) in [5.74, 6) is -4.22. The van der Waals surface area contributed by atoms with E-state index in [-0.39, 0.29) is 12.0 Å². The SMILES string of the molecule is OC(Cc1cn2ccsc2n1)c1ccc(F)c(F)c1F. The van der Waals surface area contributed by atoms with Gasteiger partial charge in [0.05, 0.1) is 11.8 Å². The number of hydrogen-bond acceptors (Lipinski definition) is 3. The Hall–Kier alpha value is -1.86. The molecule has 1 unspecified atom stereocenters. The number of benzene rings is 1. The van der Waals surface area contributed by atoms with Crippen LogP contribution in [0.4, 0.5) is 13.2 Å². The Balaban J connectivity index is 1.87. The van der Waals surface area contributed by atoms with Crippen molar-refractivity contribution >= 4 is 16.3 Å². The van der Waals surface area contributed by atoms with E-state index in [1.807, 2.05) is 5.38 Å². The Kier molecular flexibility index (Phi) is 3.23. The Morgan fingerprint density at radius 2 is 2.05 bits per heavy atom. The zero-order valence-electron chi connectivity index (χ0n) is 10.1. The molecule has 2 aromatic heterocycles. The number of thiazole rings is 1. The predicted molar refractivity (Wildman–Crippen MR) is 68.0 cm³/mol. The quantitative estimate of drug-likeness (QED) is 0.755. The first-order chi connectivity index (χ1) is 9.56. The third-order valence-corrected chi connectivity index (χ3v) is 3.74. The van der Waals surface area contributed by atoms with Gasteiger partial charge >= 0.3 is 0 Å². The van der Waals surface area contributed by atoms with Crippen molar-refractivity contribution in [2.24, 2.45) is 0 Å². The number of rotatable bonds is 3. The standard InChI is InChI=1S/C13H9F3N2OS/c14-9-2-1-8(11(15)12(9)16)10(19)5-7-6-18-3-4-20-13(18)17-7/h1-4,6,10,19H,5H2. The van der Waals surface area contributed by atoms with E-state index in [1.165, 1.54) is 11.3 Å². The third kappa shape index (κ3) is 2.19. The van der Waals surface area contributed by atoms with Crippen LogP contribution in [0.1, 0.15) is 17.4 Å². The molecule has 0 bridgehead atoms. The molecule has 0 spiro atoms. The smallest absolute Gasteiger partial charge is 0.194 e. The second-order valence-corrected chi connectivity index (χ2v) is 5.18. The fourth-order valence-corrected chi connectivity index (χ4v) is 2.70. The summed E-state index contributed by atoms with van der Waals surface area (Å²) in [7, 11) is 0. The predicted octanol–water partition coefficient (Wildman–Crippen LogP) is 3.09. The average Bonchev–Trinajstić information content (AvgIpc) is 2.96. The van der Waals surface area contributed by atoms with Crippen LogP contribution in [0.3, 0.4) is 0 Å². The second-order valence-electron chi connectivity index (χ2n) is 4.31. The molecule has 7 heteroatoms. The van der Waals surface area contributed by atoms with Crippen molar-refractivity contribution in [3.63, 3.8) is 0 Å². The molecular weight excluding hydrogens is 289 g/mol. The van der Waals surface area contributed by atoms with E-state index in [1.54, 1.807) is 16.8 Å². The summed E-state index contributed by atoms with van der Waals surface area (Å²) >= 11 is 1.43. The molecule has 1 aromatic carbocycles. The van der Waals surface area contributed by atoms with Crippen molar-refractivity contribution in [1.82, 2.24) is 9.38 Å². The number of aliphatic hydroxyl groups excluding tert-OH is 1. The molecule has 0 aliphatic heterocycles. The summed E-state index contributed by atoms with van der Waals surface area (Å²) in [6, 6.07) is 1.83. The summed E-state index contributed by atoms with van der Waals surface area (Å²) < 4.78 is 41.3. The van der Waals surface area contributed by atoms with Gasteiger partial charge in [0.25, 0.3) is 0 Å². The van der Waals surface area contributed by atoms with Crippen molar-refractivity contribution in [1.29, 1.82) is 0 Å². The van der Waals surface area contributed by atoms with Crippen molar-refractivity contribution in [3.05, 3.63) is 58.6 Å². The van der Waals surface area contributed by atoms with Crippen LogP contribution < -0.4 is 0 Å². The average molecular weight is 298 g/mol. The highest BCUT2D eigenvalue weighted by Crippen LogP contribution is 2.24. The molecule has 1 N–H and O–H groups in total. The number of fused-ring (bicyclic) bond motifs is 1. The topological polar surface area (TPSA) is 37.5 Å². The van der Waals surface area contributed by atoms with Gasteiger partial charge in [-0.1, -0.05) is 6.07 Å². The largest absolute Gasteiger partial charge is 0.388 e. The normalized spacial score (nSPS) is 13.0. The van der Waals surface area contributed by atoms with E-state index in [0.29, 0.717) is 5.69 Å². The fraction of sp³-hybridized carbons (Fsp3) is 0.154. The molecule has 3 aromatic rings. The molecule has 20 heavy (non-hydrogen) atoms. The third-order valence-electron chi connectivity index (χ3n) is 2.97. The van der Waals surface area contributed by atoms with Crippen LogP contribution in [-0.4, -0.2) is 14.5 Å². The molecule has 104 valence electrons. The minimum Gasteiger partial charge on any atom is -0.388 e. The van der Waals surface area contributed by atoms with Gasteiger partial charge in [0.2, 0.25) is 0 Å². The van der Waals surface area contributed by atoms with Gasteiger partial charge in [-0.05, 0) is 6.07 Å². The molecule has 0 radical (unpaired) electrons. The van der Waals surface area contributed by atoms with Crippen LogP contribution in [0.25, 0.3) is 4.96 Å². The van der Waals surface area contributed by atoms with Gasteiger partial charge in [-0.25, -0.2) is 18.2 Å². The van der Waals surface area contributed by atoms with E-state index in [2.05, 4.69) is 4.98 Å². The maximum absolute atomic E-state index is 13.6. The zero-order valence-corrected chi connectivity index (χ0v) is 10.9. The van der Waals surface area contributed by atoms with Crippen LogP contribution in [-0.2, 0) is 6.42 Å². The van der Waals surface area contributed by atoms with E-state index >= 15 is 0 Å². The van der Waals surface area contributed by atoms with Crippen molar-refractivity contribution in [2.75, 3.05) is 0 Å². The summed E-state index contributed by atoms with van der Waals surface area (Å²) in [5, 5.41) is 11.8. The first-order valence-corrected chi connectivity index (χ1v) is 6.67. The van der Waals surface area contributed by atoms with Crippen LogP contribution in [0, 0.1) is 17.5 Å². The minimum atomic E-state index is -1.58. The number of imidazole rings is 1. The molecule has 0 saturated heterocycles. The maximum atomic E-state index is 13.6. The van der Waals surface area contributed by atoms with Crippen LogP contribution in [0.2, 0.25) is 0 Å². The molecule has 2 heterocycles. The number of aromatic nitrogens is 2. The van der Waals surface area contributed by atoms with Crippen LogP contribution in [0.5, 0.6) is 0 Å². The maximum Gasteiger partial charge on any atom is 0.194 e. The molecule has 3 nitrogen and oxygen atoms in total. The van der Waals surface area contributed by atoms with Crippen molar-refractivity contribution < 1.29 is 18.3 Å². The monoisotopic (exact) mass is 298 g/mol. The Bertz CT molecular complexity index is 740. The Morgan fingerprint density at radius 3 is 2.80 bits per heavy atom. The number of halogens is 3. The van der Waals surface area contributed by atoms with E-state index in [0.717, 1.165) is 17.1 Å². The lowest BCUT2D eigenvalue weighted by Gasteiger charge is -2.11. The van der Waals surface area contributed by atoms with Gasteiger partial charge in [0.15, 0.2) is 22.4 Å². The molecule has 3 rings (SSSR count). The summed E-state index contributed by atoms with van der Waals surface area (Å²) in [6.07, 6.45) is 2.25. The number of hydrogen-bond donors (Lipinski definition) is 1. The van der Waals surface area contributed by atoms with Crippen LogP contribution in [0.15, 0.2) is 29.9 Å². The summed E-state index contributed by atoms with van der Waals surface area (Å²) in [4.78, 5) is 4.99. The summed E-state index contributed by atoms with van der Waals surface area (Å²) in [5.41, 5.74) is 0.272. The van der Waals surface area contributed by atoms with Gasteiger partial charge < -0.3 is 5.11 Å². The lowest BCUT2D eigenvalue weighted by Crippen LogP contribution is -2.07. The van der Waals surface area contributed by atoms with Gasteiger partial charge in [0, 0.05) is 29.8 Å². The minimum absolute atomic E-state index is 0.0242. The molecule has 0 amide bonds. The first-order valence-electron chi connectivity index (χ1n) is 5.79. The molecule has 0 fully saturated rings. The van der Waals surface area contributed by atoms with Gasteiger partial charge in [-0.15, -0.1) is 11.3 Å². The number of aliphatic hydroxyl groups is 1. The van der Waals surface area contributed by atoms with Crippen molar-refractivity contribution in [3.8, 4) is 0 Å². The Morgan fingerprint density at radius 1 is 1.25 bits per heavy atom. The first kappa shape index (κ1) is 13.1. The summed E-state index contributed by atoms with van der Waals surface area (Å²) in [6.45, 7) is 0. The van der Waals surface area contributed by atoms with Gasteiger partial charge in [0.1, 0.15) is 0 Å². The van der Waals surface area contributed by atoms with Crippen molar-refractivity contribution in [2.45, 2.75) is 12.5 Å². The van der Waals surface area contributed by atoms with Gasteiger partial charge in [-0.3, -0.25) is 4.40 Å². The molecule has 0 aliphatic carbocycles. The van der Waals surface area contributed by atoms with E-state index in [9.17, 15) is 18.3 Å². The molecular formula is C13H9F3N2OS. The van der Waals surface area contributed by atoms with Crippen LogP contribution >= 0.6 is 11.3 Å². The molecule has 0 aliphatic rings. The highest BCUT2D eigenvalue weighted by atomic mass is 32.1. The number of nitrogens with zero attached hydrogens (tertiary/aromatic N) is 2. The highest BCUT2D eigenvalue weighted by Gasteiger charge is 2.20. The fourth-order valence-electron chi connectivity index (χ4n) is 1.98.